The van der Waals surface area contributed by atoms with E-state index in [0.717, 1.165) is 25.5 Å². The maximum absolute atomic E-state index is 5.80. The van der Waals surface area contributed by atoms with Gasteiger partial charge in [-0.1, -0.05) is 0 Å². The van der Waals surface area contributed by atoms with Crippen LogP contribution in [0.4, 0.5) is 5.82 Å². The van der Waals surface area contributed by atoms with E-state index in [0.29, 0.717) is 29.9 Å². The second kappa shape index (κ2) is 4.97. The second-order valence-corrected chi connectivity index (χ2v) is 6.18. The van der Waals surface area contributed by atoms with Crippen LogP contribution in [0.15, 0.2) is 12.4 Å². The molecule has 4 atom stereocenters. The number of methoxy groups -OCH3 is 1. The zero-order valence-electron chi connectivity index (χ0n) is 11.8. The van der Waals surface area contributed by atoms with Gasteiger partial charge in [0.05, 0.1) is 12.7 Å². The molecule has 5 nitrogen and oxygen atoms in total. The van der Waals surface area contributed by atoms with Crippen LogP contribution in [0, 0.1) is 11.8 Å². The van der Waals surface area contributed by atoms with Crippen LogP contribution >= 0.6 is 0 Å². The number of anilines is 1. The molecule has 5 heteroatoms. The lowest BCUT2D eigenvalue weighted by Crippen LogP contribution is -2.58. The van der Waals surface area contributed by atoms with Crippen molar-refractivity contribution in [2.45, 2.75) is 37.3 Å². The first-order chi connectivity index (χ1) is 9.86. The molecule has 2 saturated carbocycles. The van der Waals surface area contributed by atoms with Gasteiger partial charge in [-0.05, 0) is 19.3 Å². The maximum Gasteiger partial charge on any atom is 0.129 e. The molecule has 2 heterocycles. The molecule has 108 valence electrons. The molecule has 0 unspecified atom stereocenters. The monoisotopic (exact) mass is 275 g/mol. The molecule has 0 spiro atoms. The first-order valence-electron chi connectivity index (χ1n) is 7.56. The largest absolute Gasteiger partial charge is 0.384 e. The highest BCUT2D eigenvalue weighted by Gasteiger charge is 2.53. The predicted molar refractivity (Wildman–Crippen MR) is 74.6 cm³/mol. The van der Waals surface area contributed by atoms with Gasteiger partial charge in [0.2, 0.25) is 0 Å². The summed E-state index contributed by atoms with van der Waals surface area (Å²) in [4.78, 5) is 8.75. The number of aromatic nitrogens is 2. The van der Waals surface area contributed by atoms with Gasteiger partial charge >= 0.3 is 0 Å². The molecule has 1 N–H and O–H groups in total. The van der Waals surface area contributed by atoms with Crippen molar-refractivity contribution in [3.63, 3.8) is 0 Å². The van der Waals surface area contributed by atoms with Gasteiger partial charge in [-0.15, -0.1) is 0 Å². The van der Waals surface area contributed by atoms with Crippen LogP contribution in [0.3, 0.4) is 0 Å². The Morgan fingerprint density at radius 2 is 2.25 bits per heavy atom. The zero-order valence-corrected chi connectivity index (χ0v) is 11.8. The molecule has 0 aromatic carbocycles. The van der Waals surface area contributed by atoms with Gasteiger partial charge in [-0.25, -0.2) is 9.97 Å². The Morgan fingerprint density at radius 1 is 1.35 bits per heavy atom. The molecule has 4 rings (SSSR count). The van der Waals surface area contributed by atoms with Crippen molar-refractivity contribution in [2.75, 3.05) is 25.6 Å². The highest BCUT2D eigenvalue weighted by atomic mass is 16.5. The van der Waals surface area contributed by atoms with Gasteiger partial charge < -0.3 is 14.8 Å². The van der Waals surface area contributed by atoms with Crippen molar-refractivity contribution in [3.8, 4) is 0 Å². The Bertz CT molecular complexity index is 492. The standard InChI is InChI=1S/C15H21N3O2/c1-19-7-11-14(10-4-5-20-15(10)11)18-13-6-12(9-2-3-9)16-8-17-13/h6,8-11,14-15H,2-5,7H2,1H3,(H,16,17,18)/t10-,11+,14+,15-/m0/s1. The molecule has 3 fully saturated rings. The highest BCUT2D eigenvalue weighted by molar-refractivity contribution is 5.40. The van der Waals surface area contributed by atoms with Crippen LogP contribution in [0.2, 0.25) is 0 Å². The van der Waals surface area contributed by atoms with Crippen molar-refractivity contribution in [1.29, 1.82) is 0 Å². The lowest BCUT2D eigenvalue weighted by molar-refractivity contribution is -0.0667. The Hall–Kier alpha value is -1.20. The van der Waals surface area contributed by atoms with E-state index < -0.39 is 0 Å². The Morgan fingerprint density at radius 3 is 3.05 bits per heavy atom. The molecular formula is C15H21N3O2. The summed E-state index contributed by atoms with van der Waals surface area (Å²) < 4.78 is 11.1. The van der Waals surface area contributed by atoms with Crippen LogP contribution in [0.5, 0.6) is 0 Å². The van der Waals surface area contributed by atoms with Crippen molar-refractivity contribution in [1.82, 2.24) is 9.97 Å². The number of rotatable bonds is 5. The van der Waals surface area contributed by atoms with Crippen LogP contribution in [0.25, 0.3) is 0 Å². The summed E-state index contributed by atoms with van der Waals surface area (Å²) in [5.41, 5.74) is 1.18. The summed E-state index contributed by atoms with van der Waals surface area (Å²) in [6.45, 7) is 1.63. The molecular weight excluding hydrogens is 254 g/mol. The number of hydrogen-bond acceptors (Lipinski definition) is 5. The van der Waals surface area contributed by atoms with Crippen molar-refractivity contribution < 1.29 is 9.47 Å². The van der Waals surface area contributed by atoms with Gasteiger partial charge in [-0.2, -0.15) is 0 Å². The number of hydrogen-bond donors (Lipinski definition) is 1. The lowest BCUT2D eigenvalue weighted by atomic mass is 9.67. The first kappa shape index (κ1) is 12.5. The summed E-state index contributed by atoms with van der Waals surface area (Å²) in [7, 11) is 1.76. The molecule has 0 radical (unpaired) electrons. The van der Waals surface area contributed by atoms with Crippen molar-refractivity contribution in [3.05, 3.63) is 18.1 Å². The van der Waals surface area contributed by atoms with Crippen LogP contribution in [-0.4, -0.2) is 42.4 Å². The molecule has 0 bridgehead atoms. The third-order valence-corrected chi connectivity index (χ3v) is 4.89. The fourth-order valence-corrected chi connectivity index (χ4v) is 3.66. The number of nitrogens with zero attached hydrogens (tertiary/aromatic N) is 2. The van der Waals surface area contributed by atoms with Crippen LogP contribution < -0.4 is 5.32 Å². The van der Waals surface area contributed by atoms with E-state index in [-0.39, 0.29) is 0 Å². The lowest BCUT2D eigenvalue weighted by Gasteiger charge is -2.47. The molecule has 20 heavy (non-hydrogen) atoms. The normalized spacial score (nSPS) is 35.5. The number of fused-ring (bicyclic) bond motifs is 1. The average molecular weight is 275 g/mol. The van der Waals surface area contributed by atoms with Crippen molar-refractivity contribution in [2.24, 2.45) is 11.8 Å². The third-order valence-electron chi connectivity index (χ3n) is 4.89. The number of nitrogens with one attached hydrogen (secondary N) is 1. The minimum absolute atomic E-state index is 0.372. The summed E-state index contributed by atoms with van der Waals surface area (Å²) >= 11 is 0. The highest BCUT2D eigenvalue weighted by Crippen LogP contribution is 2.45. The van der Waals surface area contributed by atoms with Gasteiger partial charge in [-0.3, -0.25) is 0 Å². The van der Waals surface area contributed by atoms with E-state index >= 15 is 0 Å². The zero-order chi connectivity index (χ0) is 13.5. The smallest absolute Gasteiger partial charge is 0.129 e. The fourth-order valence-electron chi connectivity index (χ4n) is 3.66. The van der Waals surface area contributed by atoms with E-state index in [2.05, 4.69) is 21.4 Å². The summed E-state index contributed by atoms with van der Waals surface area (Å²) in [5.74, 6) is 2.66. The first-order valence-corrected chi connectivity index (χ1v) is 7.56. The summed E-state index contributed by atoms with van der Waals surface area (Å²) in [5, 5.41) is 3.60. The summed E-state index contributed by atoms with van der Waals surface area (Å²) in [6, 6.07) is 2.54. The fraction of sp³-hybridized carbons (Fsp3) is 0.733. The Kier molecular flexibility index (Phi) is 3.11. The van der Waals surface area contributed by atoms with E-state index in [1.54, 1.807) is 13.4 Å². The third kappa shape index (κ3) is 2.09. The van der Waals surface area contributed by atoms with Crippen LogP contribution in [-0.2, 0) is 9.47 Å². The molecule has 0 amide bonds. The molecule has 1 aromatic rings. The average Bonchev–Trinajstić information content (AvgIpc) is 3.23. The molecule has 1 aliphatic heterocycles. The second-order valence-electron chi connectivity index (χ2n) is 6.18. The molecule has 1 saturated heterocycles. The van der Waals surface area contributed by atoms with E-state index in [1.165, 1.54) is 18.5 Å². The minimum atomic E-state index is 0.372. The summed E-state index contributed by atoms with van der Waals surface area (Å²) in [6.07, 6.45) is 5.73. The topological polar surface area (TPSA) is 56.3 Å². The SMILES string of the molecule is COC[C@@H]1[C@H](Nc2cc(C3CC3)ncn2)[C@@H]2CCO[C@H]12. The molecule has 3 aliphatic rings. The molecule has 2 aliphatic carbocycles. The predicted octanol–water partition coefficient (Wildman–Crippen LogP) is 1.82. The van der Waals surface area contributed by atoms with Crippen LogP contribution in [0.1, 0.15) is 30.9 Å². The minimum Gasteiger partial charge on any atom is -0.384 e. The van der Waals surface area contributed by atoms with E-state index in [1.807, 2.05) is 0 Å². The van der Waals surface area contributed by atoms with Gasteiger partial charge in [0.1, 0.15) is 12.1 Å². The van der Waals surface area contributed by atoms with Gasteiger partial charge in [0, 0.05) is 49.3 Å². The Balaban J connectivity index is 1.48. The van der Waals surface area contributed by atoms with Gasteiger partial charge in [0.15, 0.2) is 0 Å². The van der Waals surface area contributed by atoms with E-state index in [4.69, 9.17) is 9.47 Å². The van der Waals surface area contributed by atoms with E-state index in [9.17, 15) is 0 Å². The Labute approximate surface area is 119 Å². The quantitative estimate of drug-likeness (QED) is 0.888. The number of ether oxygens (including phenoxy) is 2. The molecule has 1 aromatic heterocycles. The maximum atomic E-state index is 5.80. The van der Waals surface area contributed by atoms with Crippen molar-refractivity contribution >= 4 is 5.82 Å². The van der Waals surface area contributed by atoms with Gasteiger partial charge in [0.25, 0.3) is 0 Å².